The van der Waals surface area contributed by atoms with E-state index < -0.39 is 0 Å². The molecule has 0 amide bonds. The predicted octanol–water partition coefficient (Wildman–Crippen LogP) is 4.21. The second-order valence-electron chi connectivity index (χ2n) is 6.12. The Balaban J connectivity index is 1.89. The van der Waals surface area contributed by atoms with Gasteiger partial charge in [-0.05, 0) is 47.5 Å². The van der Waals surface area contributed by atoms with Crippen molar-refractivity contribution in [3.8, 4) is 10.4 Å². The van der Waals surface area contributed by atoms with E-state index in [9.17, 15) is 4.79 Å². The van der Waals surface area contributed by atoms with Crippen LogP contribution in [-0.4, -0.2) is 14.6 Å². The Bertz CT molecular complexity index is 1090. The van der Waals surface area contributed by atoms with E-state index in [0.717, 1.165) is 18.5 Å². The molecule has 0 radical (unpaired) electrons. The number of benzene rings is 1. The second-order valence-corrected chi connectivity index (χ2v) is 7.07. The van der Waals surface area contributed by atoms with Gasteiger partial charge in [0, 0.05) is 11.3 Å². The number of aryl methyl sites for hydroxylation is 2. The second kappa shape index (κ2) is 6.33. The fraction of sp³-hybridized carbons (Fsp3) is 0.200. The molecule has 25 heavy (non-hydrogen) atoms. The minimum Gasteiger partial charge on any atom is -0.307 e. The van der Waals surface area contributed by atoms with Gasteiger partial charge in [0.15, 0.2) is 0 Å². The first-order chi connectivity index (χ1) is 12.2. The predicted molar refractivity (Wildman–Crippen MR) is 102 cm³/mol. The van der Waals surface area contributed by atoms with E-state index in [4.69, 9.17) is 0 Å². The number of nitrogens with one attached hydrogen (secondary N) is 1. The third-order valence-electron chi connectivity index (χ3n) is 4.49. The Morgan fingerprint density at radius 3 is 2.76 bits per heavy atom. The highest BCUT2D eigenvalue weighted by Gasteiger charge is 2.15. The molecule has 0 spiro atoms. The van der Waals surface area contributed by atoms with Crippen molar-refractivity contribution in [2.45, 2.75) is 26.7 Å². The topological polar surface area (TPSA) is 50.2 Å². The van der Waals surface area contributed by atoms with E-state index in [2.05, 4.69) is 58.8 Å². The maximum absolute atomic E-state index is 12.3. The molecule has 126 valence electrons. The van der Waals surface area contributed by atoms with E-state index in [1.807, 2.05) is 17.5 Å². The molecule has 0 saturated carbocycles. The molecule has 3 heterocycles. The van der Waals surface area contributed by atoms with Crippen molar-refractivity contribution < 1.29 is 0 Å². The Kier molecular flexibility index (Phi) is 4.01. The lowest BCUT2D eigenvalue weighted by molar-refractivity contribution is 0.797. The summed E-state index contributed by atoms with van der Waals surface area (Å²) < 4.78 is 1.82. The summed E-state index contributed by atoms with van der Waals surface area (Å²) in [5.41, 5.74) is 5.29. The number of aromatic amines is 1. The molecule has 0 bridgehead atoms. The SMILES string of the molecule is CCc1cc2c(=O)[nH]c(C)nn2c1Cc1ccccc1-c1cccs1. The van der Waals surface area contributed by atoms with E-state index in [-0.39, 0.29) is 5.56 Å². The molecule has 3 aromatic heterocycles. The van der Waals surface area contributed by atoms with Gasteiger partial charge in [0.1, 0.15) is 11.3 Å². The maximum Gasteiger partial charge on any atom is 0.275 e. The van der Waals surface area contributed by atoms with Crippen LogP contribution in [0.25, 0.3) is 16.0 Å². The van der Waals surface area contributed by atoms with Gasteiger partial charge in [0.05, 0.1) is 5.69 Å². The van der Waals surface area contributed by atoms with Gasteiger partial charge >= 0.3 is 0 Å². The van der Waals surface area contributed by atoms with Crippen LogP contribution in [0.3, 0.4) is 0 Å². The van der Waals surface area contributed by atoms with Crippen molar-refractivity contribution in [2.75, 3.05) is 0 Å². The van der Waals surface area contributed by atoms with Gasteiger partial charge in [0.25, 0.3) is 5.56 Å². The Morgan fingerprint density at radius 1 is 1.16 bits per heavy atom. The third-order valence-corrected chi connectivity index (χ3v) is 5.39. The first-order valence-corrected chi connectivity index (χ1v) is 9.27. The molecule has 0 aliphatic rings. The van der Waals surface area contributed by atoms with Gasteiger partial charge in [-0.15, -0.1) is 11.3 Å². The summed E-state index contributed by atoms with van der Waals surface area (Å²) in [4.78, 5) is 16.3. The van der Waals surface area contributed by atoms with Gasteiger partial charge in [-0.1, -0.05) is 37.3 Å². The zero-order valence-electron chi connectivity index (χ0n) is 14.2. The summed E-state index contributed by atoms with van der Waals surface area (Å²) in [6, 6.07) is 14.7. The molecule has 1 aromatic carbocycles. The fourth-order valence-corrected chi connectivity index (χ4v) is 4.08. The van der Waals surface area contributed by atoms with Gasteiger partial charge in [-0.25, -0.2) is 4.52 Å². The molecular formula is C20H19N3OS. The van der Waals surface area contributed by atoms with Crippen LogP contribution < -0.4 is 5.56 Å². The molecular weight excluding hydrogens is 330 g/mol. The quantitative estimate of drug-likeness (QED) is 0.600. The van der Waals surface area contributed by atoms with Crippen molar-refractivity contribution in [3.05, 3.63) is 80.8 Å². The molecule has 5 heteroatoms. The molecule has 4 aromatic rings. The van der Waals surface area contributed by atoms with E-state index in [1.165, 1.54) is 21.6 Å². The largest absolute Gasteiger partial charge is 0.307 e. The minimum absolute atomic E-state index is 0.0833. The number of hydrogen-bond acceptors (Lipinski definition) is 3. The van der Waals surface area contributed by atoms with Crippen LogP contribution >= 0.6 is 11.3 Å². The first-order valence-electron chi connectivity index (χ1n) is 8.39. The Labute approximate surface area is 149 Å². The Morgan fingerprint density at radius 2 is 2.00 bits per heavy atom. The highest BCUT2D eigenvalue weighted by Crippen LogP contribution is 2.30. The van der Waals surface area contributed by atoms with E-state index in [1.54, 1.807) is 11.3 Å². The number of nitrogens with zero attached hydrogens (tertiary/aromatic N) is 2. The number of aromatic nitrogens is 3. The number of hydrogen-bond donors (Lipinski definition) is 1. The molecule has 0 aliphatic heterocycles. The normalized spacial score (nSPS) is 11.3. The van der Waals surface area contributed by atoms with E-state index in [0.29, 0.717) is 11.3 Å². The zero-order valence-corrected chi connectivity index (χ0v) is 15.1. The summed E-state index contributed by atoms with van der Waals surface area (Å²) in [6.07, 6.45) is 1.62. The standard InChI is InChI=1S/C20H19N3OS/c1-3-14-11-18-20(24)21-13(2)22-23(18)17(14)12-15-7-4-5-8-16(15)19-9-6-10-25-19/h4-11H,3,12H2,1-2H3,(H,21,22,24). The smallest absolute Gasteiger partial charge is 0.275 e. The third kappa shape index (κ3) is 2.81. The first kappa shape index (κ1) is 15.8. The number of fused-ring (bicyclic) bond motifs is 1. The van der Waals surface area contributed by atoms with Crippen molar-refractivity contribution >= 4 is 16.9 Å². The highest BCUT2D eigenvalue weighted by atomic mass is 32.1. The fourth-order valence-electron chi connectivity index (χ4n) is 3.29. The van der Waals surface area contributed by atoms with Gasteiger partial charge in [0.2, 0.25) is 0 Å². The lowest BCUT2D eigenvalue weighted by Gasteiger charge is -2.10. The van der Waals surface area contributed by atoms with Gasteiger partial charge in [-0.3, -0.25) is 4.79 Å². The van der Waals surface area contributed by atoms with Crippen LogP contribution in [0.15, 0.2) is 52.6 Å². The molecule has 0 aliphatic carbocycles. The molecule has 0 atom stereocenters. The maximum atomic E-state index is 12.3. The van der Waals surface area contributed by atoms with Crippen LogP contribution in [0.4, 0.5) is 0 Å². The Hall–Kier alpha value is -2.66. The molecule has 1 N–H and O–H groups in total. The van der Waals surface area contributed by atoms with Crippen LogP contribution in [0.5, 0.6) is 0 Å². The molecule has 0 saturated heterocycles. The van der Waals surface area contributed by atoms with Crippen LogP contribution in [0.2, 0.25) is 0 Å². The summed E-state index contributed by atoms with van der Waals surface area (Å²) in [7, 11) is 0. The van der Waals surface area contributed by atoms with Crippen LogP contribution in [0.1, 0.15) is 29.6 Å². The molecule has 4 rings (SSSR count). The van der Waals surface area contributed by atoms with Crippen LogP contribution in [0, 0.1) is 6.92 Å². The summed E-state index contributed by atoms with van der Waals surface area (Å²) in [5, 5.41) is 6.66. The molecule has 0 fully saturated rings. The lowest BCUT2D eigenvalue weighted by atomic mass is 9.99. The lowest BCUT2D eigenvalue weighted by Crippen LogP contribution is -2.15. The zero-order chi connectivity index (χ0) is 17.4. The summed E-state index contributed by atoms with van der Waals surface area (Å²) in [6.45, 7) is 3.93. The molecule has 4 nitrogen and oxygen atoms in total. The van der Waals surface area contributed by atoms with Crippen LogP contribution in [-0.2, 0) is 12.8 Å². The van der Waals surface area contributed by atoms with Crippen molar-refractivity contribution in [3.63, 3.8) is 0 Å². The summed E-state index contributed by atoms with van der Waals surface area (Å²) >= 11 is 1.74. The summed E-state index contributed by atoms with van der Waals surface area (Å²) in [5.74, 6) is 0.628. The number of thiophene rings is 1. The monoisotopic (exact) mass is 349 g/mol. The average Bonchev–Trinajstić information content (AvgIpc) is 3.24. The van der Waals surface area contributed by atoms with Gasteiger partial charge in [-0.2, -0.15) is 5.10 Å². The van der Waals surface area contributed by atoms with Crippen molar-refractivity contribution in [2.24, 2.45) is 0 Å². The van der Waals surface area contributed by atoms with Crippen molar-refractivity contribution in [1.82, 2.24) is 14.6 Å². The average molecular weight is 349 g/mol. The number of H-pyrrole nitrogens is 1. The minimum atomic E-state index is -0.0833. The van der Waals surface area contributed by atoms with E-state index >= 15 is 0 Å². The van der Waals surface area contributed by atoms with Gasteiger partial charge < -0.3 is 4.98 Å². The molecule has 0 unspecified atom stereocenters. The number of rotatable bonds is 4. The highest BCUT2D eigenvalue weighted by molar-refractivity contribution is 7.13. The van der Waals surface area contributed by atoms with Crippen molar-refractivity contribution in [1.29, 1.82) is 0 Å².